The molecule has 0 radical (unpaired) electrons. The van der Waals surface area contributed by atoms with Crippen LogP contribution in [0.15, 0.2) is 41.2 Å². The molecule has 0 amide bonds. The number of hydrogen-bond donors (Lipinski definition) is 2. The van der Waals surface area contributed by atoms with Gasteiger partial charge in [-0.25, -0.2) is 0 Å². The van der Waals surface area contributed by atoms with Crippen LogP contribution in [0.25, 0.3) is 20.2 Å². The van der Waals surface area contributed by atoms with E-state index in [0.29, 0.717) is 5.39 Å². The number of aliphatic hydroxyl groups excluding tert-OH is 1. The Labute approximate surface area is 157 Å². The van der Waals surface area contributed by atoms with Crippen LogP contribution < -0.4 is 10.7 Å². The lowest BCUT2D eigenvalue weighted by atomic mass is 10.1. The Morgan fingerprint density at radius 3 is 2.69 bits per heavy atom. The molecule has 0 saturated carbocycles. The fourth-order valence-corrected chi connectivity index (χ4v) is 4.96. The van der Waals surface area contributed by atoms with Gasteiger partial charge in [-0.2, -0.15) is 0 Å². The third-order valence-corrected chi connectivity index (χ3v) is 6.42. The summed E-state index contributed by atoms with van der Waals surface area (Å²) in [6, 6.07) is 11.6. The van der Waals surface area contributed by atoms with Crippen molar-refractivity contribution in [2.45, 2.75) is 25.9 Å². The predicted octanol–water partition coefficient (Wildman–Crippen LogP) is 3.80. The van der Waals surface area contributed by atoms with Gasteiger partial charge in [-0.3, -0.25) is 4.79 Å². The van der Waals surface area contributed by atoms with Crippen LogP contribution >= 0.6 is 11.3 Å². The first-order valence-electron chi connectivity index (χ1n) is 9.32. The van der Waals surface area contributed by atoms with E-state index in [1.165, 1.54) is 32.4 Å². The van der Waals surface area contributed by atoms with Crippen molar-refractivity contribution in [3.63, 3.8) is 0 Å². The average Bonchev–Trinajstić information content (AvgIpc) is 2.69. The van der Waals surface area contributed by atoms with E-state index >= 15 is 0 Å². The van der Waals surface area contributed by atoms with Crippen LogP contribution in [0.4, 0.5) is 5.69 Å². The van der Waals surface area contributed by atoms with Crippen LogP contribution in [0.3, 0.4) is 0 Å². The number of benzene rings is 2. The lowest BCUT2D eigenvalue weighted by Gasteiger charge is -2.26. The lowest BCUT2D eigenvalue weighted by Crippen LogP contribution is -2.33. The van der Waals surface area contributed by atoms with Crippen LogP contribution in [-0.4, -0.2) is 36.2 Å². The maximum Gasteiger partial charge on any atom is 0.197 e. The first-order valence-corrected chi connectivity index (χ1v) is 10.1. The van der Waals surface area contributed by atoms with Crippen LogP contribution in [-0.2, 0) is 6.61 Å². The van der Waals surface area contributed by atoms with Crippen LogP contribution in [0.2, 0.25) is 0 Å². The summed E-state index contributed by atoms with van der Waals surface area (Å²) in [6.07, 6.45) is 3.91. The number of nitrogens with zero attached hydrogens (tertiary/aromatic N) is 1. The minimum Gasteiger partial charge on any atom is -0.392 e. The number of likely N-dealkylation sites (tertiary alicyclic amines) is 1. The maximum absolute atomic E-state index is 13.1. The molecule has 1 fully saturated rings. The third kappa shape index (κ3) is 3.34. The molecule has 0 spiro atoms. The van der Waals surface area contributed by atoms with E-state index in [9.17, 15) is 9.90 Å². The third-order valence-electron chi connectivity index (χ3n) is 5.17. The molecule has 136 valence electrons. The standard InChI is InChI=1S/C21H24N2O2S/c24-14-15-8-9-17(22-10-13-23-11-4-1-5-12-23)19-20(25)16-6-2-3-7-18(16)26-21(15)19/h2-3,6-9,22,24H,1,4-5,10-14H2. The van der Waals surface area contributed by atoms with E-state index in [-0.39, 0.29) is 12.0 Å². The highest BCUT2D eigenvalue weighted by Crippen LogP contribution is 2.32. The summed E-state index contributed by atoms with van der Waals surface area (Å²) in [5.41, 5.74) is 1.74. The van der Waals surface area contributed by atoms with E-state index in [1.54, 1.807) is 11.3 Å². The van der Waals surface area contributed by atoms with Gasteiger partial charge in [0, 0.05) is 33.6 Å². The molecule has 2 aromatic carbocycles. The molecule has 26 heavy (non-hydrogen) atoms. The molecule has 1 saturated heterocycles. The Morgan fingerprint density at radius 1 is 1.08 bits per heavy atom. The molecular weight excluding hydrogens is 344 g/mol. The highest BCUT2D eigenvalue weighted by Gasteiger charge is 2.14. The van der Waals surface area contributed by atoms with Gasteiger partial charge in [0.15, 0.2) is 5.43 Å². The van der Waals surface area contributed by atoms with E-state index in [0.717, 1.165) is 39.1 Å². The van der Waals surface area contributed by atoms with Crippen LogP contribution in [0.1, 0.15) is 24.8 Å². The van der Waals surface area contributed by atoms with Gasteiger partial charge in [0.2, 0.25) is 0 Å². The zero-order chi connectivity index (χ0) is 17.9. The van der Waals surface area contributed by atoms with Gasteiger partial charge in [0.05, 0.1) is 12.0 Å². The molecule has 0 aliphatic carbocycles. The number of fused-ring (bicyclic) bond motifs is 2. The van der Waals surface area contributed by atoms with Gasteiger partial charge in [-0.05, 0) is 49.7 Å². The zero-order valence-corrected chi connectivity index (χ0v) is 15.6. The fourth-order valence-electron chi connectivity index (χ4n) is 3.76. The molecule has 0 atom stereocenters. The fraction of sp³-hybridized carbons (Fsp3) is 0.381. The number of piperidine rings is 1. The largest absolute Gasteiger partial charge is 0.392 e. The monoisotopic (exact) mass is 368 g/mol. The van der Waals surface area contributed by atoms with Gasteiger partial charge in [-0.1, -0.05) is 24.6 Å². The van der Waals surface area contributed by atoms with Gasteiger partial charge in [-0.15, -0.1) is 11.3 Å². The van der Waals surface area contributed by atoms with Gasteiger partial charge < -0.3 is 15.3 Å². The Bertz CT molecular complexity index is 977. The Hall–Kier alpha value is -1.95. The molecule has 1 aromatic heterocycles. The predicted molar refractivity (Wildman–Crippen MR) is 110 cm³/mol. The van der Waals surface area contributed by atoms with Gasteiger partial charge in [0.1, 0.15) is 0 Å². The molecule has 4 rings (SSSR count). The average molecular weight is 369 g/mol. The molecule has 5 heteroatoms. The molecule has 1 aliphatic heterocycles. The summed E-state index contributed by atoms with van der Waals surface area (Å²) in [5.74, 6) is 0. The lowest BCUT2D eigenvalue weighted by molar-refractivity contribution is 0.237. The molecular formula is C21H24N2O2S. The zero-order valence-electron chi connectivity index (χ0n) is 14.8. The Balaban J connectivity index is 1.70. The van der Waals surface area contributed by atoms with Crippen molar-refractivity contribution in [3.05, 3.63) is 52.2 Å². The molecule has 2 heterocycles. The number of hydrogen-bond acceptors (Lipinski definition) is 5. The highest BCUT2D eigenvalue weighted by atomic mass is 32.1. The SMILES string of the molecule is O=c1c2ccccc2sc2c(CO)ccc(NCCN3CCCCC3)c12. The van der Waals surface area contributed by atoms with Crippen molar-refractivity contribution in [2.24, 2.45) is 0 Å². The van der Waals surface area contributed by atoms with Crippen LogP contribution in [0, 0.1) is 0 Å². The number of nitrogens with one attached hydrogen (secondary N) is 1. The minimum absolute atomic E-state index is 0.0464. The van der Waals surface area contributed by atoms with Crippen molar-refractivity contribution in [2.75, 3.05) is 31.5 Å². The molecule has 0 unspecified atom stereocenters. The summed E-state index contributed by atoms with van der Waals surface area (Å²) in [5, 5.41) is 14.6. The number of rotatable bonds is 5. The van der Waals surface area contributed by atoms with E-state index in [2.05, 4.69) is 10.2 Å². The van der Waals surface area contributed by atoms with E-state index in [4.69, 9.17) is 0 Å². The first-order chi connectivity index (χ1) is 12.8. The smallest absolute Gasteiger partial charge is 0.197 e. The summed E-state index contributed by atoms with van der Waals surface area (Å²) in [4.78, 5) is 15.6. The van der Waals surface area contributed by atoms with Crippen molar-refractivity contribution in [1.29, 1.82) is 0 Å². The number of aliphatic hydroxyl groups is 1. The molecule has 2 N–H and O–H groups in total. The summed E-state index contributed by atoms with van der Waals surface area (Å²) >= 11 is 1.58. The maximum atomic E-state index is 13.1. The quantitative estimate of drug-likeness (QED) is 0.673. The van der Waals surface area contributed by atoms with E-state index in [1.807, 2.05) is 36.4 Å². The second kappa shape index (κ2) is 7.74. The van der Waals surface area contributed by atoms with Crippen molar-refractivity contribution >= 4 is 37.2 Å². The summed E-state index contributed by atoms with van der Waals surface area (Å²) < 4.78 is 1.85. The van der Waals surface area contributed by atoms with Crippen LogP contribution in [0.5, 0.6) is 0 Å². The van der Waals surface area contributed by atoms with Crippen molar-refractivity contribution in [1.82, 2.24) is 4.90 Å². The second-order valence-corrected chi connectivity index (χ2v) is 7.94. The molecule has 1 aliphatic rings. The molecule has 4 nitrogen and oxygen atoms in total. The van der Waals surface area contributed by atoms with Gasteiger partial charge in [0.25, 0.3) is 0 Å². The first kappa shape index (κ1) is 17.5. The summed E-state index contributed by atoms with van der Waals surface area (Å²) in [7, 11) is 0. The Kier molecular flexibility index (Phi) is 5.20. The normalized spacial score (nSPS) is 15.6. The summed E-state index contributed by atoms with van der Waals surface area (Å²) in [6.45, 7) is 4.11. The van der Waals surface area contributed by atoms with Gasteiger partial charge >= 0.3 is 0 Å². The van der Waals surface area contributed by atoms with E-state index < -0.39 is 0 Å². The topological polar surface area (TPSA) is 52.6 Å². The Morgan fingerprint density at radius 2 is 1.88 bits per heavy atom. The molecule has 3 aromatic rings. The molecule has 0 bridgehead atoms. The minimum atomic E-state index is -0.0567. The van der Waals surface area contributed by atoms with Crippen molar-refractivity contribution in [3.8, 4) is 0 Å². The highest BCUT2D eigenvalue weighted by molar-refractivity contribution is 7.24. The second-order valence-electron chi connectivity index (χ2n) is 6.89. The van der Waals surface area contributed by atoms with Crippen molar-refractivity contribution < 1.29 is 5.11 Å². The number of anilines is 1.